The molecule has 0 bridgehead atoms. The topological polar surface area (TPSA) is 115 Å². The zero-order chi connectivity index (χ0) is 14.6. The van der Waals surface area contributed by atoms with Crippen molar-refractivity contribution >= 4 is 28.9 Å². The average Bonchev–Trinajstić information content (AvgIpc) is 2.35. The van der Waals surface area contributed by atoms with Crippen LogP contribution in [0.2, 0.25) is 5.02 Å². The molecule has 1 N–H and O–H groups in total. The molecule has 0 fully saturated rings. The van der Waals surface area contributed by atoms with Gasteiger partial charge < -0.3 is 5.32 Å². The van der Waals surface area contributed by atoms with Crippen molar-refractivity contribution in [2.45, 2.75) is 0 Å². The number of carbonyl (C=O) groups excluding carboxylic acids is 1. The Balaban J connectivity index is 3.34. The van der Waals surface area contributed by atoms with Gasteiger partial charge in [0.05, 0.1) is 15.4 Å². The molecule has 0 saturated heterocycles. The maximum absolute atomic E-state index is 11.6. The highest BCUT2D eigenvalue weighted by Gasteiger charge is 2.26. The van der Waals surface area contributed by atoms with Gasteiger partial charge in [-0.15, -0.1) is 6.58 Å². The van der Waals surface area contributed by atoms with Gasteiger partial charge in [0.1, 0.15) is 0 Å². The van der Waals surface area contributed by atoms with Gasteiger partial charge in [-0.1, -0.05) is 17.7 Å². The molecule has 100 valence electrons. The average molecular weight is 286 g/mol. The maximum atomic E-state index is 11.6. The number of carbonyl (C=O) groups is 1. The van der Waals surface area contributed by atoms with E-state index in [1.807, 2.05) is 0 Å². The second-order valence-electron chi connectivity index (χ2n) is 3.34. The first kappa shape index (κ1) is 14.6. The number of hydrogen-bond acceptors (Lipinski definition) is 5. The summed E-state index contributed by atoms with van der Waals surface area (Å²) < 4.78 is 0. The fourth-order valence-corrected chi connectivity index (χ4v) is 1.51. The zero-order valence-electron chi connectivity index (χ0n) is 9.46. The minimum atomic E-state index is -0.889. The molecule has 0 atom stereocenters. The van der Waals surface area contributed by atoms with Crippen molar-refractivity contribution in [3.63, 3.8) is 0 Å². The summed E-state index contributed by atoms with van der Waals surface area (Å²) in [4.78, 5) is 31.3. The molecule has 19 heavy (non-hydrogen) atoms. The summed E-state index contributed by atoms with van der Waals surface area (Å²) in [6.07, 6.45) is 1.40. The molecule has 0 aromatic heterocycles. The summed E-state index contributed by atoms with van der Waals surface area (Å²) in [6.45, 7) is 3.51. The van der Waals surface area contributed by atoms with Crippen LogP contribution in [-0.4, -0.2) is 22.3 Å². The molecule has 1 aromatic rings. The highest BCUT2D eigenvalue weighted by Crippen LogP contribution is 2.34. The van der Waals surface area contributed by atoms with Crippen LogP contribution in [0.15, 0.2) is 24.8 Å². The van der Waals surface area contributed by atoms with E-state index in [9.17, 15) is 25.0 Å². The first-order valence-corrected chi connectivity index (χ1v) is 5.27. The monoisotopic (exact) mass is 285 g/mol. The third-order valence-electron chi connectivity index (χ3n) is 2.10. The van der Waals surface area contributed by atoms with E-state index < -0.39 is 32.2 Å². The van der Waals surface area contributed by atoms with Gasteiger partial charge in [0, 0.05) is 18.7 Å². The van der Waals surface area contributed by atoms with Crippen LogP contribution in [0.25, 0.3) is 0 Å². The minimum absolute atomic E-state index is 0.128. The predicted octanol–water partition coefficient (Wildman–Crippen LogP) is 2.07. The van der Waals surface area contributed by atoms with Gasteiger partial charge in [0.15, 0.2) is 5.02 Å². The maximum Gasteiger partial charge on any atom is 0.295 e. The van der Waals surface area contributed by atoms with E-state index in [1.165, 1.54) is 6.08 Å². The molecule has 0 unspecified atom stereocenters. The van der Waals surface area contributed by atoms with Crippen LogP contribution in [0.1, 0.15) is 10.4 Å². The van der Waals surface area contributed by atoms with Gasteiger partial charge in [-0.2, -0.15) is 0 Å². The van der Waals surface area contributed by atoms with Gasteiger partial charge >= 0.3 is 0 Å². The highest BCUT2D eigenvalue weighted by molar-refractivity contribution is 6.35. The van der Waals surface area contributed by atoms with Crippen LogP contribution in [0.4, 0.5) is 11.4 Å². The molecular formula is C10H8ClN3O5. The lowest BCUT2D eigenvalue weighted by molar-refractivity contribution is -0.393. The van der Waals surface area contributed by atoms with Gasteiger partial charge in [0.25, 0.3) is 17.3 Å². The fourth-order valence-electron chi connectivity index (χ4n) is 1.26. The third-order valence-corrected chi connectivity index (χ3v) is 2.48. The number of hydrogen-bond donors (Lipinski definition) is 1. The highest BCUT2D eigenvalue weighted by atomic mass is 35.5. The second-order valence-corrected chi connectivity index (χ2v) is 3.72. The molecule has 8 nitrogen and oxygen atoms in total. The smallest absolute Gasteiger partial charge is 0.295 e. The summed E-state index contributed by atoms with van der Waals surface area (Å²) in [7, 11) is 0. The van der Waals surface area contributed by atoms with Gasteiger partial charge in [-0.05, 0) is 0 Å². The van der Waals surface area contributed by atoms with E-state index in [-0.39, 0.29) is 12.1 Å². The first-order chi connectivity index (χ1) is 8.88. The van der Waals surface area contributed by atoms with Crippen LogP contribution in [-0.2, 0) is 0 Å². The summed E-state index contributed by atoms with van der Waals surface area (Å²) in [5, 5.41) is 23.2. The number of nitrogens with zero attached hydrogens (tertiary/aromatic N) is 2. The molecule has 0 aliphatic heterocycles. The third kappa shape index (κ3) is 3.26. The number of nitro groups is 2. The van der Waals surface area contributed by atoms with Crippen molar-refractivity contribution in [1.82, 2.24) is 5.32 Å². The Morgan fingerprint density at radius 3 is 2.16 bits per heavy atom. The number of halogens is 1. The van der Waals surface area contributed by atoms with E-state index >= 15 is 0 Å². The Hall–Kier alpha value is -2.48. The molecule has 0 heterocycles. The van der Waals surface area contributed by atoms with E-state index in [0.717, 1.165) is 12.1 Å². The van der Waals surface area contributed by atoms with Crippen LogP contribution in [0, 0.1) is 20.2 Å². The molecule has 0 radical (unpaired) electrons. The summed E-state index contributed by atoms with van der Waals surface area (Å²) in [5.74, 6) is -0.692. The van der Waals surface area contributed by atoms with Crippen molar-refractivity contribution in [2.24, 2.45) is 0 Å². The number of nitrogens with one attached hydrogen (secondary N) is 1. The molecule has 0 aliphatic rings. The summed E-state index contributed by atoms with van der Waals surface area (Å²) >= 11 is 5.55. The fraction of sp³-hybridized carbons (Fsp3) is 0.100. The Morgan fingerprint density at radius 2 is 1.79 bits per heavy atom. The number of benzene rings is 1. The largest absolute Gasteiger partial charge is 0.349 e. The van der Waals surface area contributed by atoms with E-state index in [4.69, 9.17) is 11.6 Å². The van der Waals surface area contributed by atoms with Crippen LogP contribution >= 0.6 is 11.6 Å². The van der Waals surface area contributed by atoms with Gasteiger partial charge in [-0.25, -0.2) is 0 Å². The quantitative estimate of drug-likeness (QED) is 0.505. The summed E-state index contributed by atoms with van der Waals surface area (Å²) in [6, 6.07) is 1.77. The van der Waals surface area contributed by atoms with Crippen LogP contribution in [0.5, 0.6) is 0 Å². The van der Waals surface area contributed by atoms with E-state index in [1.54, 1.807) is 0 Å². The molecule has 0 aliphatic carbocycles. The number of nitro benzene ring substituents is 2. The predicted molar refractivity (Wildman–Crippen MR) is 67.3 cm³/mol. The zero-order valence-corrected chi connectivity index (χ0v) is 10.2. The Morgan fingerprint density at radius 1 is 1.32 bits per heavy atom. The number of rotatable bonds is 5. The lowest BCUT2D eigenvalue weighted by atomic mass is 10.1. The van der Waals surface area contributed by atoms with E-state index in [0.29, 0.717) is 0 Å². The van der Waals surface area contributed by atoms with Crippen molar-refractivity contribution in [3.8, 4) is 0 Å². The van der Waals surface area contributed by atoms with Gasteiger partial charge in [-0.3, -0.25) is 25.0 Å². The summed E-state index contributed by atoms with van der Waals surface area (Å²) in [5.41, 5.74) is -1.61. The molecule has 1 amide bonds. The lowest BCUT2D eigenvalue weighted by Gasteiger charge is -2.04. The SMILES string of the molecule is C=CCNC(=O)c1cc([N+](=O)[O-])c(Cl)c([N+](=O)[O-])c1. The van der Waals surface area contributed by atoms with Crippen LogP contribution < -0.4 is 5.32 Å². The Kier molecular flexibility index (Phi) is 4.54. The molecule has 1 rings (SSSR count). The van der Waals surface area contributed by atoms with Crippen molar-refractivity contribution < 1.29 is 14.6 Å². The van der Waals surface area contributed by atoms with E-state index in [2.05, 4.69) is 11.9 Å². The molecule has 1 aromatic carbocycles. The lowest BCUT2D eigenvalue weighted by Crippen LogP contribution is -2.23. The van der Waals surface area contributed by atoms with Crippen molar-refractivity contribution in [3.05, 3.63) is 55.6 Å². The second kappa shape index (κ2) is 5.91. The van der Waals surface area contributed by atoms with Crippen molar-refractivity contribution in [1.29, 1.82) is 0 Å². The normalized spacial score (nSPS) is 9.74. The molecular weight excluding hydrogens is 278 g/mol. The Bertz CT molecular complexity index is 537. The Labute approximate surface area is 112 Å². The first-order valence-electron chi connectivity index (χ1n) is 4.90. The standard InChI is InChI=1S/C10H8ClN3O5/c1-2-3-12-10(15)6-4-7(13(16)17)9(11)8(5-6)14(18)19/h2,4-5H,1,3H2,(H,12,15). The number of amides is 1. The van der Waals surface area contributed by atoms with Gasteiger partial charge in [0.2, 0.25) is 0 Å². The minimum Gasteiger partial charge on any atom is -0.349 e. The molecule has 0 saturated carbocycles. The molecule has 9 heteroatoms. The van der Waals surface area contributed by atoms with Crippen molar-refractivity contribution in [2.75, 3.05) is 6.54 Å². The van der Waals surface area contributed by atoms with Crippen LogP contribution in [0.3, 0.4) is 0 Å². The molecule has 0 spiro atoms.